The Labute approximate surface area is 173 Å². The van der Waals surface area contributed by atoms with Gasteiger partial charge in [-0.05, 0) is 43.9 Å². The van der Waals surface area contributed by atoms with Crippen molar-refractivity contribution in [3.63, 3.8) is 0 Å². The van der Waals surface area contributed by atoms with Gasteiger partial charge in [0.05, 0.1) is 11.4 Å². The molecule has 29 heavy (non-hydrogen) atoms. The fourth-order valence-corrected chi connectivity index (χ4v) is 2.64. The Morgan fingerprint density at radius 2 is 1.55 bits per heavy atom. The summed E-state index contributed by atoms with van der Waals surface area (Å²) in [5.41, 5.74) is 3.48. The van der Waals surface area contributed by atoms with Crippen LogP contribution >= 0.6 is 0 Å². The Morgan fingerprint density at radius 1 is 0.897 bits per heavy atom. The van der Waals surface area contributed by atoms with Gasteiger partial charge in [-0.15, -0.1) is 5.11 Å². The van der Waals surface area contributed by atoms with Gasteiger partial charge >= 0.3 is 0 Å². The maximum absolute atomic E-state index is 5.12. The van der Waals surface area contributed by atoms with Crippen molar-refractivity contribution in [3.05, 3.63) is 35.5 Å². The number of benzene rings is 1. The van der Waals surface area contributed by atoms with Gasteiger partial charge < -0.3 is 20.1 Å². The van der Waals surface area contributed by atoms with Crippen molar-refractivity contribution in [2.75, 3.05) is 51.2 Å². The third kappa shape index (κ3) is 7.75. The van der Waals surface area contributed by atoms with E-state index in [-0.39, 0.29) is 0 Å². The molecule has 8 nitrogen and oxygen atoms in total. The summed E-state index contributed by atoms with van der Waals surface area (Å²) in [6.45, 7) is 6.87. The average Bonchev–Trinajstić information content (AvgIpc) is 2.74. The van der Waals surface area contributed by atoms with E-state index in [9.17, 15) is 0 Å². The number of azo groups is 1. The Kier molecular flexibility index (Phi) is 10.0. The highest BCUT2D eigenvalue weighted by Crippen LogP contribution is 2.29. The van der Waals surface area contributed by atoms with Crippen LogP contribution in [-0.4, -0.2) is 50.5 Å². The van der Waals surface area contributed by atoms with E-state index in [1.165, 1.54) is 5.56 Å². The lowest BCUT2D eigenvalue weighted by Gasteiger charge is -2.12. The predicted octanol–water partition coefficient (Wildman–Crippen LogP) is 4.66. The van der Waals surface area contributed by atoms with Gasteiger partial charge in [-0.25, -0.2) is 4.98 Å². The predicted molar refractivity (Wildman–Crippen MR) is 117 cm³/mol. The Morgan fingerprint density at radius 3 is 2.17 bits per heavy atom. The maximum Gasteiger partial charge on any atom is 0.225 e. The molecule has 0 aliphatic rings. The van der Waals surface area contributed by atoms with Gasteiger partial charge in [-0.3, -0.25) is 0 Å². The third-order valence-corrected chi connectivity index (χ3v) is 4.29. The first kappa shape index (κ1) is 22.7. The fraction of sp³-hybridized carbons (Fsp3) is 0.524. The summed E-state index contributed by atoms with van der Waals surface area (Å²) in [4.78, 5) is 9.13. The van der Waals surface area contributed by atoms with Gasteiger partial charge in [-0.1, -0.05) is 19.1 Å². The van der Waals surface area contributed by atoms with Crippen molar-refractivity contribution in [1.82, 2.24) is 9.97 Å². The number of aromatic nitrogens is 2. The monoisotopic (exact) mass is 400 g/mol. The van der Waals surface area contributed by atoms with E-state index in [2.05, 4.69) is 49.9 Å². The van der Waals surface area contributed by atoms with Gasteiger partial charge in [0.2, 0.25) is 5.95 Å². The van der Waals surface area contributed by atoms with Crippen molar-refractivity contribution in [1.29, 1.82) is 0 Å². The van der Waals surface area contributed by atoms with Crippen LogP contribution in [0, 0.1) is 6.92 Å². The molecule has 1 aromatic heterocycles. The van der Waals surface area contributed by atoms with Gasteiger partial charge in [0.15, 0.2) is 5.82 Å². The van der Waals surface area contributed by atoms with E-state index in [0.717, 1.165) is 43.7 Å². The zero-order chi connectivity index (χ0) is 20.9. The molecule has 1 aromatic carbocycles. The lowest BCUT2D eigenvalue weighted by Crippen LogP contribution is -2.12. The van der Waals surface area contributed by atoms with Crippen molar-refractivity contribution in [3.8, 4) is 0 Å². The molecule has 0 saturated heterocycles. The van der Waals surface area contributed by atoms with Crippen LogP contribution in [0.15, 0.2) is 34.5 Å². The second-order valence-corrected chi connectivity index (χ2v) is 6.60. The lowest BCUT2D eigenvalue weighted by molar-refractivity contribution is 0.197. The number of methoxy groups -OCH3 is 2. The summed E-state index contributed by atoms with van der Waals surface area (Å²) >= 11 is 0. The van der Waals surface area contributed by atoms with Crippen LogP contribution < -0.4 is 10.6 Å². The van der Waals surface area contributed by atoms with Crippen molar-refractivity contribution in [2.45, 2.75) is 33.1 Å². The molecule has 2 rings (SSSR count). The number of nitrogens with one attached hydrogen (secondary N) is 2. The molecule has 0 saturated carbocycles. The topological polar surface area (TPSA) is 93.0 Å². The highest BCUT2D eigenvalue weighted by Gasteiger charge is 2.11. The molecule has 0 spiro atoms. The average molecular weight is 401 g/mol. The fourth-order valence-electron chi connectivity index (χ4n) is 2.64. The number of ether oxygens (including phenoxy) is 2. The van der Waals surface area contributed by atoms with Crippen molar-refractivity contribution in [2.24, 2.45) is 10.2 Å². The zero-order valence-electron chi connectivity index (χ0n) is 17.9. The van der Waals surface area contributed by atoms with E-state index in [1.54, 1.807) is 14.2 Å². The smallest absolute Gasteiger partial charge is 0.225 e. The van der Waals surface area contributed by atoms with Crippen molar-refractivity contribution < 1.29 is 9.47 Å². The first-order chi connectivity index (χ1) is 14.2. The summed E-state index contributed by atoms with van der Waals surface area (Å²) in [7, 11) is 3.39. The van der Waals surface area contributed by atoms with Gasteiger partial charge in [0.25, 0.3) is 0 Å². The minimum absolute atomic E-state index is 0.569. The first-order valence-corrected chi connectivity index (χ1v) is 10.0. The molecule has 1 heterocycles. The van der Waals surface area contributed by atoms with E-state index >= 15 is 0 Å². The molecular formula is C21H32N6O2. The van der Waals surface area contributed by atoms with Crippen LogP contribution in [0.2, 0.25) is 0 Å². The minimum Gasteiger partial charge on any atom is -0.385 e. The lowest BCUT2D eigenvalue weighted by atomic mass is 10.2. The number of aryl methyl sites for hydroxylation is 2. The van der Waals surface area contributed by atoms with Gasteiger partial charge in [0, 0.05) is 40.5 Å². The van der Waals surface area contributed by atoms with Crippen LogP contribution in [0.3, 0.4) is 0 Å². The second kappa shape index (κ2) is 12.8. The molecule has 2 aromatic rings. The minimum atomic E-state index is 0.569. The standard InChI is InChI=1S/C21H32N6O2/c1-5-17-8-10-18(11-9-17)26-27-19-16(2)24-21(23-13-7-15-29-4)25-20(19)22-12-6-14-28-3/h8-11H,5-7,12-15H2,1-4H3,(H2,22,23,24,25). The van der Waals surface area contributed by atoms with Crippen LogP contribution in [-0.2, 0) is 15.9 Å². The number of rotatable bonds is 13. The highest BCUT2D eigenvalue weighted by atomic mass is 16.5. The van der Waals surface area contributed by atoms with E-state index in [4.69, 9.17) is 9.47 Å². The first-order valence-electron chi connectivity index (χ1n) is 10.0. The zero-order valence-corrected chi connectivity index (χ0v) is 17.9. The van der Waals surface area contributed by atoms with Crippen LogP contribution in [0.25, 0.3) is 0 Å². The molecule has 0 aliphatic carbocycles. The SMILES string of the molecule is CCc1ccc(N=Nc2c(C)nc(NCCCOC)nc2NCCCOC)cc1. The van der Waals surface area contributed by atoms with E-state index < -0.39 is 0 Å². The van der Waals surface area contributed by atoms with E-state index in [1.807, 2.05) is 19.1 Å². The second-order valence-electron chi connectivity index (χ2n) is 6.60. The number of nitrogens with zero attached hydrogens (tertiary/aromatic N) is 4. The van der Waals surface area contributed by atoms with Crippen LogP contribution in [0.1, 0.15) is 31.0 Å². The third-order valence-electron chi connectivity index (χ3n) is 4.29. The van der Waals surface area contributed by atoms with E-state index in [0.29, 0.717) is 30.7 Å². The quantitative estimate of drug-likeness (QED) is 0.375. The molecule has 0 amide bonds. The summed E-state index contributed by atoms with van der Waals surface area (Å²) in [5, 5.41) is 15.4. The molecule has 8 heteroatoms. The highest BCUT2D eigenvalue weighted by molar-refractivity contribution is 5.65. The number of anilines is 2. The molecule has 0 bridgehead atoms. The summed E-state index contributed by atoms with van der Waals surface area (Å²) in [6, 6.07) is 8.06. The molecule has 0 radical (unpaired) electrons. The molecule has 2 N–H and O–H groups in total. The molecular weight excluding hydrogens is 368 g/mol. The van der Waals surface area contributed by atoms with Crippen LogP contribution in [0.4, 0.5) is 23.1 Å². The number of hydrogen-bond donors (Lipinski definition) is 2. The maximum atomic E-state index is 5.12. The van der Waals surface area contributed by atoms with Gasteiger partial charge in [0.1, 0.15) is 5.69 Å². The molecule has 0 atom stereocenters. The molecule has 0 unspecified atom stereocenters. The van der Waals surface area contributed by atoms with Crippen LogP contribution in [0.5, 0.6) is 0 Å². The summed E-state index contributed by atoms with van der Waals surface area (Å²) in [6.07, 6.45) is 2.74. The summed E-state index contributed by atoms with van der Waals surface area (Å²) in [5.74, 6) is 1.23. The molecule has 0 aliphatic heterocycles. The molecule has 158 valence electrons. The normalized spacial score (nSPS) is 11.2. The van der Waals surface area contributed by atoms with Gasteiger partial charge in [-0.2, -0.15) is 10.1 Å². The Bertz CT molecular complexity index is 765. The summed E-state index contributed by atoms with van der Waals surface area (Å²) < 4.78 is 10.2. The Hall–Kier alpha value is -2.58. The molecule has 0 fully saturated rings. The van der Waals surface area contributed by atoms with Crippen molar-refractivity contribution >= 4 is 23.1 Å². The largest absolute Gasteiger partial charge is 0.385 e. The Balaban J connectivity index is 2.18. The number of hydrogen-bond acceptors (Lipinski definition) is 8.